The number of likely N-dealkylation sites (tertiary alicyclic amines) is 1. The average Bonchev–Trinajstić information content (AvgIpc) is 2.50. The minimum absolute atomic E-state index is 0.0980. The van der Waals surface area contributed by atoms with Crippen LogP contribution < -0.4 is 0 Å². The number of halogens is 2. The highest BCUT2D eigenvalue weighted by Gasteiger charge is 2.28. The van der Waals surface area contributed by atoms with Crippen LogP contribution in [0.4, 0.5) is 0 Å². The second-order valence-electron chi connectivity index (χ2n) is 4.99. The van der Waals surface area contributed by atoms with Gasteiger partial charge in [-0.15, -0.1) is 11.8 Å². The summed E-state index contributed by atoms with van der Waals surface area (Å²) in [5, 5.41) is 1.40. The van der Waals surface area contributed by atoms with Crippen molar-refractivity contribution in [3.8, 4) is 0 Å². The molecule has 1 atom stereocenters. The minimum Gasteiger partial charge on any atom is -0.468 e. The fourth-order valence-corrected chi connectivity index (χ4v) is 4.00. The smallest absolute Gasteiger partial charge is 0.323 e. The molecule has 0 radical (unpaired) electrons. The van der Waals surface area contributed by atoms with Crippen LogP contribution in [0.1, 0.15) is 19.3 Å². The fraction of sp³-hybridized carbons (Fsp3) is 0.533. The van der Waals surface area contributed by atoms with Gasteiger partial charge in [0.05, 0.1) is 12.1 Å². The Hall–Kier alpha value is -0.420. The second-order valence-corrected chi connectivity index (χ2v) is 6.97. The Labute approximate surface area is 139 Å². The maximum absolute atomic E-state index is 11.8. The molecule has 0 saturated carbocycles. The number of carbonyl (C=O) groups excluding carboxylic acids is 1. The molecule has 0 aromatic heterocycles. The summed E-state index contributed by atoms with van der Waals surface area (Å²) in [6, 6.07) is 5.37. The van der Waals surface area contributed by atoms with E-state index in [1.807, 2.05) is 12.1 Å². The third-order valence-corrected chi connectivity index (χ3v) is 5.33. The third-order valence-electron chi connectivity index (χ3n) is 3.62. The number of rotatable bonds is 5. The zero-order valence-electron chi connectivity index (χ0n) is 12.0. The van der Waals surface area contributed by atoms with E-state index in [0.717, 1.165) is 43.0 Å². The van der Waals surface area contributed by atoms with E-state index in [1.54, 1.807) is 17.8 Å². The number of nitrogens with zero attached hydrogens (tertiary/aromatic N) is 1. The molecule has 1 saturated heterocycles. The van der Waals surface area contributed by atoms with Crippen molar-refractivity contribution in [2.75, 3.05) is 26.0 Å². The number of benzene rings is 1. The van der Waals surface area contributed by atoms with Crippen LogP contribution in [-0.2, 0) is 9.53 Å². The second kappa shape index (κ2) is 8.28. The highest BCUT2D eigenvalue weighted by molar-refractivity contribution is 7.99. The Morgan fingerprint density at radius 2 is 2.24 bits per heavy atom. The van der Waals surface area contributed by atoms with Crippen LogP contribution in [0.3, 0.4) is 0 Å². The first-order chi connectivity index (χ1) is 10.1. The quantitative estimate of drug-likeness (QED) is 0.592. The first kappa shape index (κ1) is 16.9. The van der Waals surface area contributed by atoms with Gasteiger partial charge in [-0.25, -0.2) is 0 Å². The van der Waals surface area contributed by atoms with Gasteiger partial charge in [0.1, 0.15) is 6.04 Å². The number of thioether (sulfide) groups is 1. The molecular weight excluding hydrogens is 329 g/mol. The Bertz CT molecular complexity index is 499. The van der Waals surface area contributed by atoms with Gasteiger partial charge in [-0.05, 0) is 37.6 Å². The van der Waals surface area contributed by atoms with Crippen molar-refractivity contribution in [2.45, 2.75) is 30.2 Å². The highest BCUT2D eigenvalue weighted by Crippen LogP contribution is 2.30. The van der Waals surface area contributed by atoms with Gasteiger partial charge >= 0.3 is 5.97 Å². The first-order valence-corrected chi connectivity index (χ1v) is 8.75. The van der Waals surface area contributed by atoms with Gasteiger partial charge in [0, 0.05) is 22.2 Å². The summed E-state index contributed by atoms with van der Waals surface area (Å²) in [4.78, 5) is 15.0. The van der Waals surface area contributed by atoms with E-state index >= 15 is 0 Å². The first-order valence-electron chi connectivity index (χ1n) is 7.01. The molecule has 116 valence electrons. The van der Waals surface area contributed by atoms with Gasteiger partial charge in [-0.3, -0.25) is 9.69 Å². The predicted octanol–water partition coefficient (Wildman–Crippen LogP) is 4.11. The molecule has 6 heteroatoms. The highest BCUT2D eigenvalue weighted by atomic mass is 35.5. The van der Waals surface area contributed by atoms with Crippen LogP contribution >= 0.6 is 35.0 Å². The summed E-state index contributed by atoms with van der Waals surface area (Å²) in [6.07, 6.45) is 3.11. The molecule has 1 aromatic rings. The van der Waals surface area contributed by atoms with Gasteiger partial charge in [0.2, 0.25) is 0 Å². The lowest BCUT2D eigenvalue weighted by Crippen LogP contribution is -2.46. The molecule has 0 unspecified atom stereocenters. The van der Waals surface area contributed by atoms with Crippen LogP contribution in [-0.4, -0.2) is 42.9 Å². The molecule has 3 nitrogen and oxygen atoms in total. The normalized spacial score (nSPS) is 19.5. The Kier molecular flexibility index (Phi) is 6.68. The van der Waals surface area contributed by atoms with Crippen LogP contribution in [0.2, 0.25) is 10.0 Å². The van der Waals surface area contributed by atoms with E-state index in [4.69, 9.17) is 27.9 Å². The van der Waals surface area contributed by atoms with Crippen molar-refractivity contribution >= 4 is 40.9 Å². The number of hydrogen-bond donors (Lipinski definition) is 0. The number of esters is 1. The van der Waals surface area contributed by atoms with Crippen molar-refractivity contribution < 1.29 is 9.53 Å². The summed E-state index contributed by atoms with van der Waals surface area (Å²) < 4.78 is 4.89. The van der Waals surface area contributed by atoms with Crippen molar-refractivity contribution in [3.63, 3.8) is 0 Å². The zero-order chi connectivity index (χ0) is 15.2. The molecule has 0 bridgehead atoms. The van der Waals surface area contributed by atoms with Gasteiger partial charge in [-0.1, -0.05) is 29.6 Å². The molecule has 0 spiro atoms. The number of methoxy groups -OCH3 is 1. The average molecular weight is 348 g/mol. The monoisotopic (exact) mass is 347 g/mol. The van der Waals surface area contributed by atoms with Crippen molar-refractivity contribution in [1.82, 2.24) is 4.90 Å². The summed E-state index contributed by atoms with van der Waals surface area (Å²) in [5.41, 5.74) is 0. The van der Waals surface area contributed by atoms with E-state index in [0.29, 0.717) is 10.0 Å². The summed E-state index contributed by atoms with van der Waals surface area (Å²) in [6.45, 7) is 1.79. The molecular formula is C15H19Cl2NO2S. The predicted molar refractivity (Wildman–Crippen MR) is 88.4 cm³/mol. The summed E-state index contributed by atoms with van der Waals surface area (Å²) in [5.74, 6) is 0.744. The molecule has 1 aliphatic rings. The van der Waals surface area contributed by atoms with Crippen LogP contribution in [0.15, 0.2) is 23.1 Å². The number of hydrogen-bond acceptors (Lipinski definition) is 4. The maximum atomic E-state index is 11.8. The molecule has 21 heavy (non-hydrogen) atoms. The van der Waals surface area contributed by atoms with E-state index in [-0.39, 0.29) is 12.0 Å². The fourth-order valence-electron chi connectivity index (χ4n) is 2.52. The van der Waals surface area contributed by atoms with E-state index in [1.165, 1.54) is 7.11 Å². The van der Waals surface area contributed by atoms with Gasteiger partial charge in [0.25, 0.3) is 0 Å². The standard InChI is InChI=1S/C15H19Cl2NO2S/c1-20-15(19)13-4-2-3-7-18(13)8-9-21-14-10-11(16)5-6-12(14)17/h5-6,10,13H,2-4,7-9H2,1H3/t13-/m1/s1. The molecule has 0 aliphatic carbocycles. The molecule has 1 aromatic carbocycles. The summed E-state index contributed by atoms with van der Waals surface area (Å²) >= 11 is 13.8. The molecule has 1 aliphatic heterocycles. The third kappa shape index (κ3) is 4.78. The van der Waals surface area contributed by atoms with Crippen LogP contribution in [0.25, 0.3) is 0 Å². The van der Waals surface area contributed by atoms with E-state index in [9.17, 15) is 4.79 Å². The van der Waals surface area contributed by atoms with Crippen molar-refractivity contribution in [2.24, 2.45) is 0 Å². The topological polar surface area (TPSA) is 29.5 Å². The van der Waals surface area contributed by atoms with Crippen LogP contribution in [0, 0.1) is 0 Å². The molecule has 0 N–H and O–H groups in total. The Morgan fingerprint density at radius 1 is 1.43 bits per heavy atom. The van der Waals surface area contributed by atoms with Crippen molar-refractivity contribution in [1.29, 1.82) is 0 Å². The molecule has 0 amide bonds. The number of carbonyl (C=O) groups is 1. The molecule has 1 heterocycles. The minimum atomic E-state index is -0.125. The Morgan fingerprint density at radius 3 is 3.00 bits per heavy atom. The number of ether oxygens (including phenoxy) is 1. The summed E-state index contributed by atoms with van der Waals surface area (Å²) in [7, 11) is 1.45. The molecule has 2 rings (SSSR count). The van der Waals surface area contributed by atoms with Gasteiger partial charge in [0.15, 0.2) is 0 Å². The number of piperidine rings is 1. The van der Waals surface area contributed by atoms with Crippen LogP contribution in [0.5, 0.6) is 0 Å². The van der Waals surface area contributed by atoms with Gasteiger partial charge < -0.3 is 4.74 Å². The van der Waals surface area contributed by atoms with E-state index < -0.39 is 0 Å². The Balaban J connectivity index is 1.89. The largest absolute Gasteiger partial charge is 0.468 e. The van der Waals surface area contributed by atoms with E-state index in [2.05, 4.69) is 4.90 Å². The zero-order valence-corrected chi connectivity index (χ0v) is 14.3. The van der Waals surface area contributed by atoms with Gasteiger partial charge in [-0.2, -0.15) is 0 Å². The lowest BCUT2D eigenvalue weighted by atomic mass is 10.0. The molecule has 1 fully saturated rings. The van der Waals surface area contributed by atoms with Crippen molar-refractivity contribution in [3.05, 3.63) is 28.2 Å². The maximum Gasteiger partial charge on any atom is 0.323 e. The lowest BCUT2D eigenvalue weighted by Gasteiger charge is -2.33. The SMILES string of the molecule is COC(=O)[C@H]1CCCCN1CCSc1cc(Cl)ccc1Cl. The lowest BCUT2D eigenvalue weighted by molar-refractivity contribution is -0.148.